The largest absolute Gasteiger partial charge is 0.466 e. The van der Waals surface area contributed by atoms with Gasteiger partial charge in [-0.1, -0.05) is 57.6 Å². The van der Waals surface area contributed by atoms with Crippen LogP contribution in [-0.2, 0) is 52.5 Å². The molecule has 0 atom stereocenters. The Morgan fingerprint density at radius 1 is 0.469 bits per heavy atom. The first-order valence-corrected chi connectivity index (χ1v) is 18.5. The zero-order valence-electron chi connectivity index (χ0n) is 30.4. The maximum absolute atomic E-state index is 12.6. The highest BCUT2D eigenvalue weighted by molar-refractivity contribution is 5.70. The third kappa shape index (κ3) is 29.5. The summed E-state index contributed by atoms with van der Waals surface area (Å²) in [7, 11) is 1.47. The van der Waals surface area contributed by atoms with E-state index in [4.69, 9.17) is 23.7 Å². The topological polar surface area (TPSA) is 149 Å². The van der Waals surface area contributed by atoms with Crippen LogP contribution in [0.3, 0.4) is 0 Å². The zero-order chi connectivity index (χ0) is 36.3. The molecule has 0 aromatic heterocycles. The second kappa shape index (κ2) is 33.4. The standard InChI is InChI=1S/C38H64O11/c1-3-4-5-6-15-22-29-46-34(41)23-18-11-12-19-26-37(44)49-33-38(30-45-2,31-47-35(42)24-16-9-7-13-20-27-39)32-48-36(43)25-17-10-8-14-21-28-40/h4-5,27-28H,3,6-26,29-33H2,1-2H3/b5-4-. The molecule has 0 amide bonds. The fraction of sp³-hybridized carbons (Fsp3) is 0.789. The Labute approximate surface area is 294 Å². The van der Waals surface area contributed by atoms with Crippen LogP contribution in [0.1, 0.15) is 148 Å². The Kier molecular flexibility index (Phi) is 31.3. The molecule has 0 aliphatic rings. The molecule has 0 aromatic rings. The van der Waals surface area contributed by atoms with Gasteiger partial charge in [-0.05, 0) is 64.2 Å². The molecule has 0 heterocycles. The number of allylic oxidation sites excluding steroid dienone is 2. The fourth-order valence-corrected chi connectivity index (χ4v) is 4.97. The minimum absolute atomic E-state index is 0.0320. The molecule has 0 saturated carbocycles. The van der Waals surface area contributed by atoms with E-state index in [2.05, 4.69) is 19.1 Å². The summed E-state index contributed by atoms with van der Waals surface area (Å²) in [6, 6.07) is 0. The van der Waals surface area contributed by atoms with Crippen molar-refractivity contribution in [3.05, 3.63) is 12.2 Å². The van der Waals surface area contributed by atoms with Gasteiger partial charge >= 0.3 is 23.9 Å². The fourth-order valence-electron chi connectivity index (χ4n) is 4.97. The number of esters is 4. The molecule has 0 N–H and O–H groups in total. The first kappa shape index (κ1) is 45.9. The van der Waals surface area contributed by atoms with Gasteiger partial charge in [0.15, 0.2) is 0 Å². The summed E-state index contributed by atoms with van der Waals surface area (Å²) in [5.41, 5.74) is -1.07. The average Bonchev–Trinajstić information content (AvgIpc) is 3.09. The molecule has 0 bridgehead atoms. The van der Waals surface area contributed by atoms with Gasteiger partial charge in [-0.15, -0.1) is 0 Å². The van der Waals surface area contributed by atoms with Crippen molar-refractivity contribution in [2.24, 2.45) is 5.41 Å². The van der Waals surface area contributed by atoms with Crippen LogP contribution in [-0.4, -0.2) is 76.6 Å². The van der Waals surface area contributed by atoms with Gasteiger partial charge < -0.3 is 33.3 Å². The predicted molar refractivity (Wildman–Crippen MR) is 187 cm³/mol. The molecule has 0 aliphatic heterocycles. The van der Waals surface area contributed by atoms with Gasteiger partial charge in [0.05, 0.1) is 18.6 Å². The summed E-state index contributed by atoms with van der Waals surface area (Å²) in [6.45, 7) is 2.12. The lowest BCUT2D eigenvalue weighted by Crippen LogP contribution is -2.43. The van der Waals surface area contributed by atoms with Crippen LogP contribution in [0.25, 0.3) is 0 Å². The predicted octanol–water partition coefficient (Wildman–Crippen LogP) is 7.35. The Bertz CT molecular complexity index is 879. The molecule has 0 fully saturated rings. The van der Waals surface area contributed by atoms with Gasteiger partial charge in [-0.3, -0.25) is 19.2 Å². The van der Waals surface area contributed by atoms with Crippen LogP contribution >= 0.6 is 0 Å². The summed E-state index contributed by atoms with van der Waals surface area (Å²) in [4.78, 5) is 70.5. The highest BCUT2D eigenvalue weighted by Crippen LogP contribution is 2.22. The van der Waals surface area contributed by atoms with E-state index in [0.717, 1.165) is 89.6 Å². The quantitative estimate of drug-likeness (QED) is 0.0215. The summed E-state index contributed by atoms with van der Waals surface area (Å²) >= 11 is 0. The number of unbranched alkanes of at least 4 members (excludes halogenated alkanes) is 13. The lowest BCUT2D eigenvalue weighted by atomic mass is 9.92. The van der Waals surface area contributed by atoms with E-state index in [1.165, 1.54) is 7.11 Å². The van der Waals surface area contributed by atoms with E-state index in [1.54, 1.807) is 0 Å². The molecule has 49 heavy (non-hydrogen) atoms. The SMILES string of the molecule is CC/C=C\CCCCOC(=O)CCCCCCC(=O)OCC(COC)(COC(=O)CCCCCCC=O)COC(=O)CCCCCCC=O. The van der Waals surface area contributed by atoms with Crippen LogP contribution < -0.4 is 0 Å². The average molecular weight is 697 g/mol. The molecule has 0 spiro atoms. The van der Waals surface area contributed by atoms with Crippen LogP contribution in [0.5, 0.6) is 0 Å². The number of hydrogen-bond donors (Lipinski definition) is 0. The minimum atomic E-state index is -1.07. The summed E-state index contributed by atoms with van der Waals surface area (Å²) in [6.07, 6.45) is 20.9. The molecular formula is C38H64O11. The lowest BCUT2D eigenvalue weighted by Gasteiger charge is -2.31. The molecular weight excluding hydrogens is 632 g/mol. The number of hydrogen-bond acceptors (Lipinski definition) is 11. The van der Waals surface area contributed by atoms with Gasteiger partial charge in [0.2, 0.25) is 0 Å². The first-order chi connectivity index (χ1) is 23.8. The Balaban J connectivity index is 4.73. The number of rotatable bonds is 35. The van der Waals surface area contributed by atoms with Gasteiger partial charge in [0.25, 0.3) is 0 Å². The smallest absolute Gasteiger partial charge is 0.305 e. The van der Waals surface area contributed by atoms with Crippen LogP contribution in [0, 0.1) is 5.41 Å². The van der Waals surface area contributed by atoms with Gasteiger partial charge in [0, 0.05) is 45.6 Å². The van der Waals surface area contributed by atoms with Crippen LogP contribution in [0.4, 0.5) is 0 Å². The molecule has 11 heteroatoms. The number of carbonyl (C=O) groups excluding carboxylic acids is 6. The lowest BCUT2D eigenvalue weighted by molar-refractivity contribution is -0.166. The third-order valence-corrected chi connectivity index (χ3v) is 7.92. The summed E-state index contributed by atoms with van der Waals surface area (Å²) in [5, 5.41) is 0. The van der Waals surface area contributed by atoms with Crippen molar-refractivity contribution in [2.75, 3.05) is 40.1 Å². The van der Waals surface area contributed by atoms with Crippen molar-refractivity contribution in [3.8, 4) is 0 Å². The van der Waals surface area contributed by atoms with Gasteiger partial charge in [0.1, 0.15) is 32.4 Å². The van der Waals surface area contributed by atoms with Crippen LogP contribution in [0.2, 0.25) is 0 Å². The van der Waals surface area contributed by atoms with Gasteiger partial charge in [-0.25, -0.2) is 0 Å². The minimum Gasteiger partial charge on any atom is -0.466 e. The summed E-state index contributed by atoms with van der Waals surface area (Å²) < 4.78 is 27.4. The summed E-state index contributed by atoms with van der Waals surface area (Å²) in [5.74, 6) is -1.43. The monoisotopic (exact) mass is 696 g/mol. The zero-order valence-corrected chi connectivity index (χ0v) is 30.4. The maximum Gasteiger partial charge on any atom is 0.305 e. The highest BCUT2D eigenvalue weighted by atomic mass is 16.6. The normalized spacial score (nSPS) is 11.3. The van der Waals surface area contributed by atoms with Crippen molar-refractivity contribution in [1.29, 1.82) is 0 Å². The molecule has 11 nitrogen and oxygen atoms in total. The molecule has 0 saturated heterocycles. The Morgan fingerprint density at radius 2 is 0.857 bits per heavy atom. The van der Waals surface area contributed by atoms with E-state index < -0.39 is 23.3 Å². The van der Waals surface area contributed by atoms with Crippen LogP contribution in [0.15, 0.2) is 12.2 Å². The molecule has 282 valence electrons. The maximum atomic E-state index is 12.6. The Morgan fingerprint density at radius 3 is 1.24 bits per heavy atom. The molecule has 0 aliphatic carbocycles. The number of ether oxygens (including phenoxy) is 5. The molecule has 0 rings (SSSR count). The van der Waals surface area contributed by atoms with E-state index in [1.807, 2.05) is 0 Å². The van der Waals surface area contributed by atoms with E-state index in [0.29, 0.717) is 51.6 Å². The van der Waals surface area contributed by atoms with Crippen molar-refractivity contribution >= 4 is 36.4 Å². The molecule has 0 radical (unpaired) electrons. The van der Waals surface area contributed by atoms with E-state index in [9.17, 15) is 28.8 Å². The third-order valence-electron chi connectivity index (χ3n) is 7.92. The highest BCUT2D eigenvalue weighted by Gasteiger charge is 2.36. The second-order valence-corrected chi connectivity index (χ2v) is 12.7. The van der Waals surface area contributed by atoms with Crippen molar-refractivity contribution < 1.29 is 52.5 Å². The van der Waals surface area contributed by atoms with E-state index in [-0.39, 0.29) is 51.7 Å². The van der Waals surface area contributed by atoms with E-state index >= 15 is 0 Å². The van der Waals surface area contributed by atoms with Gasteiger partial charge in [-0.2, -0.15) is 0 Å². The second-order valence-electron chi connectivity index (χ2n) is 12.7. The molecule has 0 aromatic carbocycles. The number of methoxy groups -OCH3 is 1. The van der Waals surface area contributed by atoms with Crippen molar-refractivity contribution in [3.63, 3.8) is 0 Å². The van der Waals surface area contributed by atoms with Crippen molar-refractivity contribution in [1.82, 2.24) is 0 Å². The Hall–Kier alpha value is -3.08. The first-order valence-electron chi connectivity index (χ1n) is 18.5. The molecule has 0 unspecified atom stereocenters. The van der Waals surface area contributed by atoms with Crippen molar-refractivity contribution in [2.45, 2.75) is 148 Å². The number of carbonyl (C=O) groups is 6. The number of aldehydes is 2.